The highest BCUT2D eigenvalue weighted by molar-refractivity contribution is 5.28. The molecule has 0 bridgehead atoms. The third kappa shape index (κ3) is 3.30. The molecule has 0 amide bonds. The molecule has 0 aromatic heterocycles. The van der Waals surface area contributed by atoms with E-state index in [0.717, 1.165) is 30.8 Å². The lowest BCUT2D eigenvalue weighted by atomic mass is 9.94. The number of hydrogen-bond acceptors (Lipinski definition) is 2. The quantitative estimate of drug-likeness (QED) is 0.893. The molecular formula is C15H23FN2. The fraction of sp³-hybridized carbons (Fsp3) is 0.600. The van der Waals surface area contributed by atoms with Crippen molar-refractivity contribution >= 4 is 0 Å². The topological polar surface area (TPSA) is 29.3 Å². The third-order valence-electron chi connectivity index (χ3n) is 3.64. The number of piperidine rings is 1. The van der Waals surface area contributed by atoms with E-state index >= 15 is 0 Å². The first-order valence-electron chi connectivity index (χ1n) is 6.77. The summed E-state index contributed by atoms with van der Waals surface area (Å²) in [7, 11) is 0. The molecule has 1 heterocycles. The van der Waals surface area contributed by atoms with Crippen molar-refractivity contribution in [2.24, 2.45) is 5.73 Å². The van der Waals surface area contributed by atoms with Gasteiger partial charge in [0.25, 0.3) is 0 Å². The van der Waals surface area contributed by atoms with Gasteiger partial charge in [-0.2, -0.15) is 0 Å². The van der Waals surface area contributed by atoms with E-state index in [2.05, 4.69) is 4.90 Å². The predicted molar refractivity (Wildman–Crippen MR) is 72.7 cm³/mol. The molecule has 18 heavy (non-hydrogen) atoms. The molecule has 1 aliphatic heterocycles. The molecule has 2 N–H and O–H groups in total. The van der Waals surface area contributed by atoms with Crippen molar-refractivity contribution in [3.63, 3.8) is 0 Å². The molecule has 0 saturated carbocycles. The van der Waals surface area contributed by atoms with Crippen molar-refractivity contribution in [2.75, 3.05) is 13.1 Å². The lowest BCUT2D eigenvalue weighted by Crippen LogP contribution is -2.30. The summed E-state index contributed by atoms with van der Waals surface area (Å²) >= 11 is 0. The molecule has 1 aliphatic rings. The Morgan fingerprint density at radius 3 is 2.44 bits per heavy atom. The fourth-order valence-electron chi connectivity index (χ4n) is 2.43. The van der Waals surface area contributed by atoms with Gasteiger partial charge in [0, 0.05) is 17.6 Å². The maximum atomic E-state index is 14.1. The summed E-state index contributed by atoms with van der Waals surface area (Å²) in [6, 6.07) is 5.41. The van der Waals surface area contributed by atoms with Gasteiger partial charge < -0.3 is 5.73 Å². The van der Waals surface area contributed by atoms with Gasteiger partial charge in [0.2, 0.25) is 0 Å². The van der Waals surface area contributed by atoms with Crippen LogP contribution in [-0.2, 0) is 12.1 Å². The zero-order chi connectivity index (χ0) is 13.2. The molecule has 2 rings (SSSR count). The van der Waals surface area contributed by atoms with Crippen LogP contribution in [-0.4, -0.2) is 18.0 Å². The van der Waals surface area contributed by atoms with Crippen LogP contribution in [0.4, 0.5) is 4.39 Å². The lowest BCUT2D eigenvalue weighted by Gasteiger charge is -2.27. The molecule has 1 fully saturated rings. The summed E-state index contributed by atoms with van der Waals surface area (Å²) < 4.78 is 14.1. The molecular weight excluding hydrogens is 227 g/mol. The number of hydrogen-bond donors (Lipinski definition) is 1. The normalized spacial score (nSPS) is 18.0. The number of benzene rings is 1. The summed E-state index contributed by atoms with van der Waals surface area (Å²) in [6.45, 7) is 6.68. The van der Waals surface area contributed by atoms with Gasteiger partial charge in [-0.1, -0.05) is 18.6 Å². The highest BCUT2D eigenvalue weighted by atomic mass is 19.1. The summed E-state index contributed by atoms with van der Waals surface area (Å²) in [5, 5.41) is 0. The first-order chi connectivity index (χ1) is 8.47. The summed E-state index contributed by atoms with van der Waals surface area (Å²) in [5.41, 5.74) is 7.13. The van der Waals surface area contributed by atoms with Crippen molar-refractivity contribution < 1.29 is 4.39 Å². The van der Waals surface area contributed by atoms with Crippen molar-refractivity contribution in [1.29, 1.82) is 0 Å². The van der Waals surface area contributed by atoms with Gasteiger partial charge in [0.1, 0.15) is 5.82 Å². The Morgan fingerprint density at radius 1 is 1.22 bits per heavy atom. The Bertz CT molecular complexity index is 403. The van der Waals surface area contributed by atoms with E-state index < -0.39 is 5.54 Å². The van der Waals surface area contributed by atoms with E-state index in [1.165, 1.54) is 19.3 Å². The highest BCUT2D eigenvalue weighted by Crippen LogP contribution is 2.21. The van der Waals surface area contributed by atoms with Gasteiger partial charge >= 0.3 is 0 Å². The molecule has 0 spiro atoms. The van der Waals surface area contributed by atoms with Crippen molar-refractivity contribution in [3.05, 3.63) is 35.1 Å². The van der Waals surface area contributed by atoms with Crippen LogP contribution < -0.4 is 5.73 Å². The van der Waals surface area contributed by atoms with Crippen LogP contribution in [0.5, 0.6) is 0 Å². The number of halogens is 1. The third-order valence-corrected chi connectivity index (χ3v) is 3.64. The maximum Gasteiger partial charge on any atom is 0.128 e. The van der Waals surface area contributed by atoms with Gasteiger partial charge in [-0.05, 0) is 51.4 Å². The van der Waals surface area contributed by atoms with Crippen LogP contribution in [0, 0.1) is 5.82 Å². The summed E-state index contributed by atoms with van der Waals surface area (Å²) in [4.78, 5) is 2.33. The van der Waals surface area contributed by atoms with E-state index in [0.29, 0.717) is 0 Å². The van der Waals surface area contributed by atoms with Crippen molar-refractivity contribution in [1.82, 2.24) is 4.90 Å². The first-order valence-corrected chi connectivity index (χ1v) is 6.77. The van der Waals surface area contributed by atoms with Gasteiger partial charge in [-0.25, -0.2) is 4.39 Å². The molecule has 2 nitrogen and oxygen atoms in total. The molecule has 1 saturated heterocycles. The van der Waals surface area contributed by atoms with Crippen molar-refractivity contribution in [3.8, 4) is 0 Å². The van der Waals surface area contributed by atoms with Crippen LogP contribution in [0.25, 0.3) is 0 Å². The minimum Gasteiger partial charge on any atom is -0.322 e. The second kappa shape index (κ2) is 5.37. The smallest absolute Gasteiger partial charge is 0.128 e. The molecule has 0 aliphatic carbocycles. The Labute approximate surface area is 109 Å². The number of likely N-dealkylation sites (tertiary alicyclic amines) is 1. The first kappa shape index (κ1) is 13.5. The molecule has 3 heteroatoms. The molecule has 0 atom stereocenters. The average molecular weight is 250 g/mol. The van der Waals surface area contributed by atoms with E-state index in [9.17, 15) is 4.39 Å². The van der Waals surface area contributed by atoms with Crippen LogP contribution >= 0.6 is 0 Å². The molecule has 0 radical (unpaired) electrons. The Balaban J connectivity index is 2.09. The molecule has 0 unspecified atom stereocenters. The monoisotopic (exact) mass is 250 g/mol. The predicted octanol–water partition coefficient (Wildman–Crippen LogP) is 3.01. The lowest BCUT2D eigenvalue weighted by molar-refractivity contribution is 0.218. The van der Waals surface area contributed by atoms with Crippen LogP contribution in [0.1, 0.15) is 44.2 Å². The number of nitrogens with zero attached hydrogens (tertiary/aromatic N) is 1. The van der Waals surface area contributed by atoms with Crippen LogP contribution in [0.3, 0.4) is 0 Å². The minimum atomic E-state index is -0.482. The Morgan fingerprint density at radius 2 is 1.89 bits per heavy atom. The van der Waals surface area contributed by atoms with Gasteiger partial charge in [0.05, 0.1) is 0 Å². The number of rotatable bonds is 3. The van der Waals surface area contributed by atoms with E-state index in [1.54, 1.807) is 6.07 Å². The largest absolute Gasteiger partial charge is 0.322 e. The maximum absolute atomic E-state index is 14.1. The van der Waals surface area contributed by atoms with Crippen LogP contribution in [0.2, 0.25) is 0 Å². The average Bonchev–Trinajstić information content (AvgIpc) is 2.32. The summed E-state index contributed by atoms with van der Waals surface area (Å²) in [6.07, 6.45) is 3.77. The van der Waals surface area contributed by atoms with Gasteiger partial charge in [-0.15, -0.1) is 0 Å². The fourth-order valence-corrected chi connectivity index (χ4v) is 2.43. The second-order valence-electron chi connectivity index (χ2n) is 5.86. The standard InChI is InChI=1S/C15H23FN2/c1-15(2,17)13-7-6-12(14(16)10-13)11-18-8-4-3-5-9-18/h6-7,10H,3-5,8-9,11,17H2,1-2H3. The SMILES string of the molecule is CC(C)(N)c1ccc(CN2CCCCC2)c(F)c1. The highest BCUT2D eigenvalue weighted by Gasteiger charge is 2.17. The van der Waals surface area contributed by atoms with Crippen LogP contribution in [0.15, 0.2) is 18.2 Å². The van der Waals surface area contributed by atoms with E-state index in [-0.39, 0.29) is 5.82 Å². The second-order valence-corrected chi connectivity index (χ2v) is 5.86. The Kier molecular flexibility index (Phi) is 4.03. The van der Waals surface area contributed by atoms with Crippen molar-refractivity contribution in [2.45, 2.75) is 45.2 Å². The Hall–Kier alpha value is -0.930. The van der Waals surface area contributed by atoms with Gasteiger partial charge in [0.15, 0.2) is 0 Å². The minimum absolute atomic E-state index is 0.128. The number of nitrogens with two attached hydrogens (primary N) is 1. The van der Waals surface area contributed by atoms with E-state index in [4.69, 9.17) is 5.73 Å². The van der Waals surface area contributed by atoms with Gasteiger partial charge in [-0.3, -0.25) is 4.90 Å². The zero-order valence-corrected chi connectivity index (χ0v) is 11.4. The van der Waals surface area contributed by atoms with E-state index in [1.807, 2.05) is 26.0 Å². The molecule has 100 valence electrons. The zero-order valence-electron chi connectivity index (χ0n) is 11.4. The summed E-state index contributed by atoms with van der Waals surface area (Å²) in [5.74, 6) is -0.128. The molecule has 1 aromatic carbocycles. The molecule has 1 aromatic rings.